The number of Topliss-reactive ketones (excluding diaryl/α,β-unsaturated/α-hetero) is 1. The first-order valence-corrected chi connectivity index (χ1v) is 8.84. The topological polar surface area (TPSA) is 44.8 Å². The maximum Gasteiger partial charge on any atom is 0.159 e. The Bertz CT molecular complexity index is 840. The van der Waals surface area contributed by atoms with Crippen LogP contribution in [0.2, 0.25) is 0 Å². The number of rotatable bonds is 9. The van der Waals surface area contributed by atoms with Crippen molar-refractivity contribution < 1.29 is 19.0 Å². The van der Waals surface area contributed by atoms with E-state index in [4.69, 9.17) is 14.2 Å². The molecule has 0 atom stereocenters. The molecule has 0 N–H and O–H groups in total. The number of carbonyl (C=O) groups excluding carboxylic acids is 1. The second kappa shape index (κ2) is 9.43. The molecule has 0 unspecified atom stereocenters. The number of hydrogen-bond donors (Lipinski definition) is 0. The van der Waals surface area contributed by atoms with Gasteiger partial charge in [0.15, 0.2) is 5.78 Å². The van der Waals surface area contributed by atoms with Gasteiger partial charge < -0.3 is 14.2 Å². The summed E-state index contributed by atoms with van der Waals surface area (Å²) in [5, 5.41) is 0. The van der Waals surface area contributed by atoms with Crippen molar-refractivity contribution in [3.63, 3.8) is 0 Å². The minimum Gasteiger partial charge on any atom is -0.490 e. The molecule has 0 fully saturated rings. The van der Waals surface area contributed by atoms with Gasteiger partial charge in [-0.1, -0.05) is 30.3 Å². The molecule has 138 valence electrons. The molecule has 27 heavy (non-hydrogen) atoms. The van der Waals surface area contributed by atoms with Crippen LogP contribution in [0, 0.1) is 0 Å². The molecule has 3 aromatic rings. The number of benzene rings is 3. The molecule has 0 radical (unpaired) electrons. The van der Waals surface area contributed by atoms with Crippen LogP contribution in [0.25, 0.3) is 0 Å². The summed E-state index contributed by atoms with van der Waals surface area (Å²) in [6.07, 6.45) is 0. The van der Waals surface area contributed by atoms with E-state index >= 15 is 0 Å². The lowest BCUT2D eigenvalue weighted by molar-refractivity contribution is 0.101. The zero-order chi connectivity index (χ0) is 18.9. The quantitative estimate of drug-likeness (QED) is 0.400. The van der Waals surface area contributed by atoms with Gasteiger partial charge in [0.2, 0.25) is 0 Å². The van der Waals surface area contributed by atoms with E-state index in [1.54, 1.807) is 31.2 Å². The third-order valence-electron chi connectivity index (χ3n) is 3.95. The fourth-order valence-corrected chi connectivity index (χ4v) is 2.48. The average Bonchev–Trinajstić information content (AvgIpc) is 2.71. The third kappa shape index (κ3) is 5.89. The van der Waals surface area contributed by atoms with Crippen LogP contribution in [-0.2, 0) is 6.61 Å². The molecule has 0 aliphatic rings. The third-order valence-corrected chi connectivity index (χ3v) is 3.95. The Morgan fingerprint density at radius 2 is 1.15 bits per heavy atom. The fraction of sp³-hybridized carbons (Fsp3) is 0.174. The predicted octanol–water partition coefficient (Wildman–Crippen LogP) is 4.93. The van der Waals surface area contributed by atoms with E-state index in [0.29, 0.717) is 31.1 Å². The standard InChI is InChI=1S/C23H22O4/c1-18(24)20-7-9-21(10-8-20)25-15-16-26-22-11-13-23(14-12-22)27-17-19-5-3-2-4-6-19/h2-14H,15-17H2,1H3. The van der Waals surface area contributed by atoms with Gasteiger partial charge in [-0.2, -0.15) is 0 Å². The maximum absolute atomic E-state index is 11.2. The second-order valence-corrected chi connectivity index (χ2v) is 6.02. The van der Waals surface area contributed by atoms with Gasteiger partial charge in [0.1, 0.15) is 37.1 Å². The first-order chi connectivity index (χ1) is 13.2. The maximum atomic E-state index is 11.2. The molecule has 0 amide bonds. The molecule has 0 heterocycles. The SMILES string of the molecule is CC(=O)c1ccc(OCCOc2ccc(OCc3ccccc3)cc2)cc1. The Balaban J connectivity index is 1.39. The van der Waals surface area contributed by atoms with E-state index in [1.165, 1.54) is 0 Å². The summed E-state index contributed by atoms with van der Waals surface area (Å²) in [6, 6.07) is 24.7. The first-order valence-electron chi connectivity index (χ1n) is 8.84. The Hall–Kier alpha value is -3.27. The molecule has 3 aromatic carbocycles. The molecule has 0 aliphatic carbocycles. The highest BCUT2D eigenvalue weighted by molar-refractivity contribution is 5.94. The summed E-state index contributed by atoms with van der Waals surface area (Å²) < 4.78 is 17.0. The second-order valence-electron chi connectivity index (χ2n) is 6.02. The molecule has 3 rings (SSSR count). The Morgan fingerprint density at radius 3 is 1.67 bits per heavy atom. The minimum absolute atomic E-state index is 0.0427. The molecular weight excluding hydrogens is 340 g/mol. The van der Waals surface area contributed by atoms with Gasteiger partial charge in [0, 0.05) is 5.56 Å². The van der Waals surface area contributed by atoms with Crippen molar-refractivity contribution in [3.8, 4) is 17.2 Å². The van der Waals surface area contributed by atoms with E-state index < -0.39 is 0 Å². The Morgan fingerprint density at radius 1 is 0.667 bits per heavy atom. The Labute approximate surface area is 159 Å². The molecular formula is C23H22O4. The molecule has 4 nitrogen and oxygen atoms in total. The first kappa shape index (κ1) is 18.5. The van der Waals surface area contributed by atoms with Crippen LogP contribution in [0.1, 0.15) is 22.8 Å². The normalized spacial score (nSPS) is 10.3. The number of ketones is 1. The van der Waals surface area contributed by atoms with Crippen molar-refractivity contribution in [2.24, 2.45) is 0 Å². The summed E-state index contributed by atoms with van der Waals surface area (Å²) in [6.45, 7) is 2.93. The molecule has 0 aromatic heterocycles. The number of ether oxygens (including phenoxy) is 3. The number of hydrogen-bond acceptors (Lipinski definition) is 4. The summed E-state index contributed by atoms with van der Waals surface area (Å²) >= 11 is 0. The van der Waals surface area contributed by atoms with E-state index in [2.05, 4.69) is 0 Å². The van der Waals surface area contributed by atoms with Gasteiger partial charge >= 0.3 is 0 Å². The molecule has 0 bridgehead atoms. The van der Waals surface area contributed by atoms with E-state index in [0.717, 1.165) is 17.1 Å². The monoisotopic (exact) mass is 362 g/mol. The molecule has 0 saturated carbocycles. The fourth-order valence-electron chi connectivity index (χ4n) is 2.48. The van der Waals surface area contributed by atoms with Gasteiger partial charge in [0.05, 0.1) is 0 Å². The summed E-state index contributed by atoms with van der Waals surface area (Å²) in [5.41, 5.74) is 1.81. The van der Waals surface area contributed by atoms with Crippen molar-refractivity contribution >= 4 is 5.78 Å². The van der Waals surface area contributed by atoms with Crippen LogP contribution in [0.4, 0.5) is 0 Å². The van der Waals surface area contributed by atoms with E-state index in [9.17, 15) is 4.79 Å². The lowest BCUT2D eigenvalue weighted by atomic mass is 10.1. The lowest BCUT2D eigenvalue weighted by Crippen LogP contribution is -2.09. The van der Waals surface area contributed by atoms with Crippen LogP contribution in [0.3, 0.4) is 0 Å². The van der Waals surface area contributed by atoms with Gasteiger partial charge in [-0.15, -0.1) is 0 Å². The van der Waals surface area contributed by atoms with Crippen molar-refractivity contribution in [2.45, 2.75) is 13.5 Å². The molecule has 0 spiro atoms. The average molecular weight is 362 g/mol. The summed E-state index contributed by atoms with van der Waals surface area (Å²) in [4.78, 5) is 11.2. The van der Waals surface area contributed by atoms with Crippen LogP contribution < -0.4 is 14.2 Å². The smallest absolute Gasteiger partial charge is 0.159 e. The Kier molecular flexibility index (Phi) is 6.47. The van der Waals surface area contributed by atoms with Gasteiger partial charge in [0.25, 0.3) is 0 Å². The highest BCUT2D eigenvalue weighted by Crippen LogP contribution is 2.19. The van der Waals surface area contributed by atoms with Crippen LogP contribution in [0.5, 0.6) is 17.2 Å². The van der Waals surface area contributed by atoms with Crippen molar-refractivity contribution in [1.82, 2.24) is 0 Å². The van der Waals surface area contributed by atoms with E-state index in [-0.39, 0.29) is 5.78 Å². The minimum atomic E-state index is 0.0427. The van der Waals surface area contributed by atoms with Crippen LogP contribution in [-0.4, -0.2) is 19.0 Å². The van der Waals surface area contributed by atoms with E-state index in [1.807, 2.05) is 54.6 Å². The number of carbonyl (C=O) groups is 1. The largest absolute Gasteiger partial charge is 0.490 e. The van der Waals surface area contributed by atoms with Crippen LogP contribution in [0.15, 0.2) is 78.9 Å². The highest BCUT2D eigenvalue weighted by Gasteiger charge is 2.01. The zero-order valence-corrected chi connectivity index (χ0v) is 15.3. The van der Waals surface area contributed by atoms with Gasteiger partial charge in [-0.25, -0.2) is 0 Å². The molecule has 4 heteroatoms. The summed E-state index contributed by atoms with van der Waals surface area (Å²) in [5.74, 6) is 2.32. The highest BCUT2D eigenvalue weighted by atomic mass is 16.5. The predicted molar refractivity (Wildman–Crippen MR) is 105 cm³/mol. The zero-order valence-electron chi connectivity index (χ0n) is 15.3. The lowest BCUT2D eigenvalue weighted by Gasteiger charge is -2.10. The summed E-state index contributed by atoms with van der Waals surface area (Å²) in [7, 11) is 0. The molecule has 0 aliphatic heterocycles. The van der Waals surface area contributed by atoms with Crippen molar-refractivity contribution in [2.75, 3.05) is 13.2 Å². The van der Waals surface area contributed by atoms with Gasteiger partial charge in [-0.3, -0.25) is 4.79 Å². The van der Waals surface area contributed by atoms with Gasteiger partial charge in [-0.05, 0) is 61.0 Å². The van der Waals surface area contributed by atoms with Crippen molar-refractivity contribution in [3.05, 3.63) is 90.0 Å². The van der Waals surface area contributed by atoms with Crippen molar-refractivity contribution in [1.29, 1.82) is 0 Å². The van der Waals surface area contributed by atoms with Crippen LogP contribution >= 0.6 is 0 Å². The molecule has 0 saturated heterocycles.